The minimum Gasteiger partial charge on any atom is -0.423 e. The molecule has 1 aliphatic heterocycles. The quantitative estimate of drug-likeness (QED) is 0.470. The van der Waals surface area contributed by atoms with E-state index in [0.717, 1.165) is 11.8 Å². The zero-order valence-electron chi connectivity index (χ0n) is 12.6. The van der Waals surface area contributed by atoms with E-state index in [0.29, 0.717) is 15.6 Å². The first kappa shape index (κ1) is 17.3. The second-order valence-electron chi connectivity index (χ2n) is 4.39. The SMILES string of the molecule is CSC1=N/C(=C\c2ccc(OC(C)=O)c(OC(C)=O)c2)C(=O)S1. The number of benzene rings is 1. The standard InChI is InChI=1S/C15H13NO5S2/c1-8(17)20-12-5-4-10(7-13(12)21-9(2)18)6-11-14(19)23-15(16-11)22-3/h4-7H,1-3H3/b11-6-. The maximum atomic E-state index is 11.8. The molecule has 0 N–H and O–H groups in total. The smallest absolute Gasteiger partial charge is 0.308 e. The van der Waals surface area contributed by atoms with Gasteiger partial charge in [-0.25, -0.2) is 4.99 Å². The summed E-state index contributed by atoms with van der Waals surface area (Å²) in [5.74, 6) is -0.830. The highest BCUT2D eigenvalue weighted by Crippen LogP contribution is 2.33. The molecule has 23 heavy (non-hydrogen) atoms. The Kier molecular flexibility index (Phi) is 5.62. The van der Waals surface area contributed by atoms with Gasteiger partial charge in [0.05, 0.1) is 0 Å². The van der Waals surface area contributed by atoms with Crippen molar-refractivity contribution in [3.8, 4) is 11.5 Å². The molecule has 8 heteroatoms. The molecule has 0 fully saturated rings. The van der Waals surface area contributed by atoms with Gasteiger partial charge in [-0.15, -0.1) is 11.8 Å². The summed E-state index contributed by atoms with van der Waals surface area (Å²) >= 11 is 2.47. The fraction of sp³-hybridized carbons (Fsp3) is 0.200. The molecule has 0 amide bonds. The highest BCUT2D eigenvalue weighted by molar-refractivity contribution is 8.45. The molecule has 0 aliphatic carbocycles. The average Bonchev–Trinajstić information content (AvgIpc) is 2.81. The van der Waals surface area contributed by atoms with Crippen LogP contribution in [-0.4, -0.2) is 27.7 Å². The van der Waals surface area contributed by atoms with E-state index in [1.165, 1.54) is 37.7 Å². The Bertz CT molecular complexity index is 739. The van der Waals surface area contributed by atoms with Gasteiger partial charge in [-0.2, -0.15) is 0 Å². The number of esters is 2. The lowest BCUT2D eigenvalue weighted by Gasteiger charge is -2.09. The highest BCUT2D eigenvalue weighted by atomic mass is 32.2. The summed E-state index contributed by atoms with van der Waals surface area (Å²) in [6, 6.07) is 4.65. The van der Waals surface area contributed by atoms with E-state index in [1.54, 1.807) is 12.1 Å². The summed E-state index contributed by atoms with van der Waals surface area (Å²) in [4.78, 5) is 38.3. The van der Waals surface area contributed by atoms with Crippen LogP contribution in [0.3, 0.4) is 0 Å². The number of carbonyl (C=O) groups excluding carboxylic acids is 3. The normalized spacial score (nSPS) is 15.5. The van der Waals surface area contributed by atoms with Gasteiger partial charge in [-0.1, -0.05) is 6.07 Å². The minimum absolute atomic E-state index is 0.106. The van der Waals surface area contributed by atoms with Crippen LogP contribution in [0.25, 0.3) is 6.08 Å². The Labute approximate surface area is 141 Å². The number of carbonyl (C=O) groups is 3. The second kappa shape index (κ2) is 7.47. The van der Waals surface area contributed by atoms with E-state index < -0.39 is 11.9 Å². The van der Waals surface area contributed by atoms with Crippen molar-refractivity contribution in [2.45, 2.75) is 13.8 Å². The fourth-order valence-electron chi connectivity index (χ4n) is 1.72. The topological polar surface area (TPSA) is 82.0 Å². The average molecular weight is 351 g/mol. The zero-order chi connectivity index (χ0) is 17.0. The van der Waals surface area contributed by atoms with Crippen molar-refractivity contribution < 1.29 is 23.9 Å². The van der Waals surface area contributed by atoms with E-state index in [2.05, 4.69) is 4.99 Å². The van der Waals surface area contributed by atoms with Crippen LogP contribution in [0.4, 0.5) is 0 Å². The van der Waals surface area contributed by atoms with E-state index >= 15 is 0 Å². The van der Waals surface area contributed by atoms with Gasteiger partial charge in [0.1, 0.15) is 10.1 Å². The molecule has 0 aromatic heterocycles. The van der Waals surface area contributed by atoms with Crippen molar-refractivity contribution in [1.29, 1.82) is 0 Å². The molecule has 0 radical (unpaired) electrons. The van der Waals surface area contributed by atoms with Gasteiger partial charge in [-0.3, -0.25) is 14.4 Å². The van der Waals surface area contributed by atoms with Gasteiger partial charge in [0.25, 0.3) is 0 Å². The molecule has 1 heterocycles. The van der Waals surface area contributed by atoms with E-state index in [4.69, 9.17) is 9.47 Å². The first-order valence-electron chi connectivity index (χ1n) is 6.46. The molecule has 120 valence electrons. The van der Waals surface area contributed by atoms with Crippen molar-refractivity contribution in [2.24, 2.45) is 4.99 Å². The summed E-state index contributed by atoms with van der Waals surface area (Å²) in [5, 5.41) is -0.146. The summed E-state index contributed by atoms with van der Waals surface area (Å²) in [6.07, 6.45) is 3.43. The lowest BCUT2D eigenvalue weighted by molar-refractivity contribution is -0.134. The van der Waals surface area contributed by atoms with Crippen molar-refractivity contribution in [3.05, 3.63) is 29.5 Å². The fourth-order valence-corrected chi connectivity index (χ4v) is 2.98. The van der Waals surface area contributed by atoms with E-state index in [-0.39, 0.29) is 16.6 Å². The number of aliphatic imine (C=N–C) groups is 1. The third kappa shape index (κ3) is 4.70. The lowest BCUT2D eigenvalue weighted by Crippen LogP contribution is -2.07. The van der Waals surface area contributed by atoms with Crippen molar-refractivity contribution in [3.63, 3.8) is 0 Å². The maximum Gasteiger partial charge on any atom is 0.308 e. The van der Waals surface area contributed by atoms with Crippen LogP contribution in [0.15, 0.2) is 28.9 Å². The second-order valence-corrected chi connectivity index (χ2v) is 6.41. The lowest BCUT2D eigenvalue weighted by atomic mass is 10.1. The predicted molar refractivity (Wildman–Crippen MR) is 90.6 cm³/mol. The number of rotatable bonds is 3. The van der Waals surface area contributed by atoms with Gasteiger partial charge in [0.2, 0.25) is 5.12 Å². The number of hydrogen-bond donors (Lipinski definition) is 0. The van der Waals surface area contributed by atoms with Gasteiger partial charge in [-0.05, 0) is 41.8 Å². The van der Waals surface area contributed by atoms with Crippen LogP contribution in [-0.2, 0) is 14.4 Å². The van der Waals surface area contributed by atoms with Crippen molar-refractivity contribution >= 4 is 51.0 Å². The molecule has 1 aromatic rings. The summed E-state index contributed by atoms with van der Waals surface area (Å²) in [7, 11) is 0. The van der Waals surface area contributed by atoms with E-state index in [9.17, 15) is 14.4 Å². The van der Waals surface area contributed by atoms with Crippen LogP contribution in [0.2, 0.25) is 0 Å². The Morgan fingerprint density at radius 3 is 2.39 bits per heavy atom. The largest absolute Gasteiger partial charge is 0.423 e. The monoisotopic (exact) mass is 351 g/mol. The molecule has 6 nitrogen and oxygen atoms in total. The van der Waals surface area contributed by atoms with Crippen LogP contribution < -0.4 is 9.47 Å². The number of thioether (sulfide) groups is 2. The van der Waals surface area contributed by atoms with Crippen molar-refractivity contribution in [1.82, 2.24) is 0 Å². The number of hydrogen-bond acceptors (Lipinski definition) is 8. The molecule has 1 aliphatic rings. The third-order valence-electron chi connectivity index (χ3n) is 2.55. The summed E-state index contributed by atoms with van der Waals surface area (Å²) in [5.41, 5.74) is 0.917. The first-order chi connectivity index (χ1) is 10.9. The first-order valence-corrected chi connectivity index (χ1v) is 8.50. The minimum atomic E-state index is -0.543. The van der Waals surface area contributed by atoms with Crippen LogP contribution >= 0.6 is 23.5 Å². The molecule has 0 bridgehead atoms. The van der Waals surface area contributed by atoms with Crippen molar-refractivity contribution in [2.75, 3.05) is 6.26 Å². The highest BCUT2D eigenvalue weighted by Gasteiger charge is 2.21. The molecule has 0 saturated heterocycles. The van der Waals surface area contributed by atoms with Gasteiger partial charge in [0, 0.05) is 13.8 Å². The Hall–Kier alpha value is -2.06. The van der Waals surface area contributed by atoms with Gasteiger partial charge < -0.3 is 9.47 Å². The number of nitrogens with zero attached hydrogens (tertiary/aromatic N) is 1. The van der Waals surface area contributed by atoms with Crippen LogP contribution in [0.5, 0.6) is 11.5 Å². The third-order valence-corrected chi connectivity index (χ3v) is 4.41. The summed E-state index contributed by atoms with van der Waals surface area (Å²) < 4.78 is 10.7. The molecule has 1 aromatic carbocycles. The molecular weight excluding hydrogens is 338 g/mol. The molecule has 0 spiro atoms. The van der Waals surface area contributed by atoms with E-state index in [1.807, 2.05) is 6.26 Å². The van der Waals surface area contributed by atoms with Gasteiger partial charge in [0.15, 0.2) is 11.5 Å². The van der Waals surface area contributed by atoms with Gasteiger partial charge >= 0.3 is 11.9 Å². The Morgan fingerprint density at radius 1 is 1.17 bits per heavy atom. The zero-order valence-corrected chi connectivity index (χ0v) is 14.2. The maximum absolute atomic E-state index is 11.8. The molecule has 0 atom stereocenters. The Balaban J connectivity index is 2.37. The summed E-state index contributed by atoms with van der Waals surface area (Å²) in [6.45, 7) is 2.50. The molecule has 0 saturated carbocycles. The molecular formula is C15H13NO5S2. The van der Waals surface area contributed by atoms with Crippen LogP contribution in [0, 0.1) is 0 Å². The Morgan fingerprint density at radius 2 is 1.83 bits per heavy atom. The number of ether oxygens (including phenoxy) is 2. The molecule has 0 unspecified atom stereocenters. The predicted octanol–water partition coefficient (Wildman–Crippen LogP) is 2.87. The molecule has 2 rings (SSSR count). The van der Waals surface area contributed by atoms with Crippen LogP contribution in [0.1, 0.15) is 19.4 Å².